The van der Waals surface area contributed by atoms with Crippen molar-refractivity contribution in [2.75, 3.05) is 13.2 Å². The Kier molecular flexibility index (Phi) is 6.28. The van der Waals surface area contributed by atoms with Crippen molar-refractivity contribution in [2.24, 2.45) is 0 Å². The van der Waals surface area contributed by atoms with Gasteiger partial charge in [-0.2, -0.15) is 0 Å². The predicted octanol–water partition coefficient (Wildman–Crippen LogP) is 1.93. The lowest BCUT2D eigenvalue weighted by Crippen LogP contribution is -2.07. The van der Waals surface area contributed by atoms with Crippen molar-refractivity contribution in [2.45, 2.75) is 20.3 Å². The van der Waals surface area contributed by atoms with Crippen LogP contribution in [0.1, 0.15) is 20.3 Å². The predicted molar refractivity (Wildman–Crippen MR) is 52.7 cm³/mol. The number of hydrogen-bond acceptors (Lipinski definition) is 3. The third kappa shape index (κ3) is 4.54. The summed E-state index contributed by atoms with van der Waals surface area (Å²) in [6.45, 7) is 7.45. The average Bonchev–Trinajstić information content (AvgIpc) is 2.17. The number of carboxylic acid groups (broad SMARTS) is 1. The van der Waals surface area contributed by atoms with Crippen molar-refractivity contribution in [1.29, 1.82) is 0 Å². The first-order valence-electron chi connectivity index (χ1n) is 4.41. The van der Waals surface area contributed by atoms with Crippen LogP contribution in [-0.2, 0) is 14.3 Å². The molecule has 0 aliphatic carbocycles. The van der Waals surface area contributed by atoms with Crippen LogP contribution in [0.25, 0.3) is 0 Å². The summed E-state index contributed by atoms with van der Waals surface area (Å²) < 4.78 is 10.1. The summed E-state index contributed by atoms with van der Waals surface area (Å²) in [5.41, 5.74) is 0.242. The zero-order valence-electron chi connectivity index (χ0n) is 8.58. The molecule has 0 saturated heterocycles. The molecule has 0 spiro atoms. The van der Waals surface area contributed by atoms with Gasteiger partial charge >= 0.3 is 5.97 Å². The lowest BCUT2D eigenvalue weighted by atomic mass is 10.2. The highest BCUT2D eigenvalue weighted by atomic mass is 16.5. The molecule has 14 heavy (non-hydrogen) atoms. The Morgan fingerprint density at radius 3 is 2.57 bits per heavy atom. The van der Waals surface area contributed by atoms with Gasteiger partial charge in [-0.05, 0) is 6.92 Å². The number of allylic oxidation sites excluding steroid dienone is 1. The van der Waals surface area contributed by atoms with Gasteiger partial charge in [-0.3, -0.25) is 0 Å². The maximum absolute atomic E-state index is 10.6. The van der Waals surface area contributed by atoms with E-state index in [0.717, 1.165) is 0 Å². The molecule has 4 heteroatoms. The fourth-order valence-corrected chi connectivity index (χ4v) is 0.891. The number of aliphatic carboxylic acids is 1. The Balaban J connectivity index is 4.08. The largest absolute Gasteiger partial charge is 0.498 e. The first-order chi connectivity index (χ1) is 6.63. The standard InChI is InChI=1S/C10H16O4/c1-4-9(8(3)10(11)12)14-7-6-13-5-2/h5H,2,4,6-7H2,1,3H3,(H,11,12). The molecule has 0 aliphatic heterocycles. The van der Waals surface area contributed by atoms with Crippen LogP contribution in [-0.4, -0.2) is 24.3 Å². The Morgan fingerprint density at radius 2 is 2.14 bits per heavy atom. The van der Waals surface area contributed by atoms with Crippen molar-refractivity contribution in [1.82, 2.24) is 0 Å². The van der Waals surface area contributed by atoms with E-state index in [1.807, 2.05) is 6.92 Å². The van der Waals surface area contributed by atoms with Crippen LogP contribution in [0.15, 0.2) is 24.2 Å². The van der Waals surface area contributed by atoms with Gasteiger partial charge in [-0.15, -0.1) is 0 Å². The van der Waals surface area contributed by atoms with Gasteiger partial charge in [0.05, 0.1) is 11.8 Å². The molecule has 0 bridgehead atoms. The molecule has 0 aromatic carbocycles. The molecule has 0 aromatic heterocycles. The zero-order chi connectivity index (χ0) is 11.0. The van der Waals surface area contributed by atoms with E-state index in [0.29, 0.717) is 25.4 Å². The fraction of sp³-hybridized carbons (Fsp3) is 0.500. The Labute approximate surface area is 83.8 Å². The summed E-state index contributed by atoms with van der Waals surface area (Å²) in [6.07, 6.45) is 1.88. The molecule has 0 atom stereocenters. The maximum Gasteiger partial charge on any atom is 0.334 e. The molecule has 0 aliphatic rings. The Bertz CT molecular complexity index is 230. The van der Waals surface area contributed by atoms with Gasteiger partial charge in [-0.25, -0.2) is 4.79 Å². The van der Waals surface area contributed by atoms with E-state index in [1.54, 1.807) is 0 Å². The number of rotatable bonds is 7. The highest BCUT2D eigenvalue weighted by molar-refractivity contribution is 5.86. The van der Waals surface area contributed by atoms with E-state index in [-0.39, 0.29) is 5.57 Å². The number of carboxylic acids is 1. The van der Waals surface area contributed by atoms with Crippen molar-refractivity contribution in [3.8, 4) is 0 Å². The second-order valence-corrected chi connectivity index (χ2v) is 2.59. The van der Waals surface area contributed by atoms with Crippen LogP contribution >= 0.6 is 0 Å². The molecule has 0 fully saturated rings. The molecule has 0 heterocycles. The topological polar surface area (TPSA) is 55.8 Å². The van der Waals surface area contributed by atoms with Crippen LogP contribution in [0, 0.1) is 0 Å². The minimum Gasteiger partial charge on any atom is -0.498 e. The van der Waals surface area contributed by atoms with Crippen LogP contribution in [0.5, 0.6) is 0 Å². The van der Waals surface area contributed by atoms with Crippen LogP contribution in [0.2, 0.25) is 0 Å². The van der Waals surface area contributed by atoms with E-state index in [2.05, 4.69) is 6.58 Å². The van der Waals surface area contributed by atoms with Gasteiger partial charge in [0.1, 0.15) is 19.0 Å². The molecule has 0 unspecified atom stereocenters. The van der Waals surface area contributed by atoms with E-state index < -0.39 is 5.97 Å². The number of ether oxygens (including phenoxy) is 2. The van der Waals surface area contributed by atoms with E-state index in [1.165, 1.54) is 13.2 Å². The summed E-state index contributed by atoms with van der Waals surface area (Å²) in [5.74, 6) is -0.461. The van der Waals surface area contributed by atoms with Crippen molar-refractivity contribution >= 4 is 5.97 Å². The quantitative estimate of drug-likeness (QED) is 0.387. The normalized spacial score (nSPS) is 11.6. The molecule has 0 amide bonds. The van der Waals surface area contributed by atoms with Gasteiger partial charge in [0.2, 0.25) is 0 Å². The number of carbonyl (C=O) groups is 1. The Hall–Kier alpha value is -1.45. The molecule has 4 nitrogen and oxygen atoms in total. The first-order valence-corrected chi connectivity index (χ1v) is 4.41. The zero-order valence-corrected chi connectivity index (χ0v) is 8.58. The van der Waals surface area contributed by atoms with E-state index >= 15 is 0 Å². The number of hydrogen-bond donors (Lipinski definition) is 1. The van der Waals surface area contributed by atoms with Crippen LogP contribution in [0.3, 0.4) is 0 Å². The summed E-state index contributed by atoms with van der Waals surface area (Å²) in [5, 5.41) is 8.70. The van der Waals surface area contributed by atoms with Gasteiger partial charge in [-0.1, -0.05) is 13.5 Å². The minimum absolute atomic E-state index is 0.242. The summed E-state index contributed by atoms with van der Waals surface area (Å²) in [6, 6.07) is 0. The minimum atomic E-state index is -0.952. The van der Waals surface area contributed by atoms with Crippen LogP contribution < -0.4 is 0 Å². The van der Waals surface area contributed by atoms with Gasteiger partial charge in [0, 0.05) is 6.42 Å². The van der Waals surface area contributed by atoms with E-state index in [4.69, 9.17) is 14.6 Å². The highest BCUT2D eigenvalue weighted by Gasteiger charge is 2.08. The lowest BCUT2D eigenvalue weighted by Gasteiger charge is -2.10. The second-order valence-electron chi connectivity index (χ2n) is 2.59. The second kappa shape index (κ2) is 7.00. The SMILES string of the molecule is C=COCCOC(CC)=C(C)C(=O)O. The third-order valence-electron chi connectivity index (χ3n) is 1.66. The van der Waals surface area contributed by atoms with Gasteiger partial charge < -0.3 is 14.6 Å². The third-order valence-corrected chi connectivity index (χ3v) is 1.66. The summed E-state index contributed by atoms with van der Waals surface area (Å²) in [7, 11) is 0. The monoisotopic (exact) mass is 200 g/mol. The molecular formula is C10H16O4. The van der Waals surface area contributed by atoms with Crippen LogP contribution in [0.4, 0.5) is 0 Å². The molecule has 0 rings (SSSR count). The molecular weight excluding hydrogens is 184 g/mol. The maximum atomic E-state index is 10.6. The average molecular weight is 200 g/mol. The first kappa shape index (κ1) is 12.6. The van der Waals surface area contributed by atoms with Gasteiger partial charge in [0.15, 0.2) is 0 Å². The Morgan fingerprint density at radius 1 is 1.50 bits per heavy atom. The molecule has 80 valence electrons. The van der Waals surface area contributed by atoms with Crippen molar-refractivity contribution < 1.29 is 19.4 Å². The lowest BCUT2D eigenvalue weighted by molar-refractivity contribution is -0.132. The van der Waals surface area contributed by atoms with E-state index in [9.17, 15) is 4.79 Å². The fourth-order valence-electron chi connectivity index (χ4n) is 0.891. The smallest absolute Gasteiger partial charge is 0.334 e. The van der Waals surface area contributed by atoms with Crippen molar-refractivity contribution in [3.63, 3.8) is 0 Å². The van der Waals surface area contributed by atoms with Crippen molar-refractivity contribution in [3.05, 3.63) is 24.2 Å². The summed E-state index contributed by atoms with van der Waals surface area (Å²) >= 11 is 0. The molecule has 1 N–H and O–H groups in total. The highest BCUT2D eigenvalue weighted by Crippen LogP contribution is 2.10. The molecule has 0 aromatic rings. The molecule has 0 radical (unpaired) electrons. The summed E-state index contributed by atoms with van der Waals surface area (Å²) in [4.78, 5) is 10.6. The molecule has 0 saturated carbocycles. The van der Waals surface area contributed by atoms with Gasteiger partial charge in [0.25, 0.3) is 0 Å².